The third kappa shape index (κ3) is 3.47. The number of carbonyl (C=O) groups excluding carboxylic acids is 1. The van der Waals surface area contributed by atoms with E-state index in [1.54, 1.807) is 31.4 Å². The summed E-state index contributed by atoms with van der Waals surface area (Å²) in [4.78, 5) is 15.4. The Labute approximate surface area is 176 Å². The van der Waals surface area contributed by atoms with Gasteiger partial charge in [0.2, 0.25) is 0 Å². The average Bonchev–Trinajstić information content (AvgIpc) is 3.20. The van der Waals surface area contributed by atoms with Crippen LogP contribution in [0.5, 0.6) is 11.5 Å². The fourth-order valence-electron chi connectivity index (χ4n) is 3.77. The van der Waals surface area contributed by atoms with Crippen molar-refractivity contribution in [3.05, 3.63) is 66.0 Å². The summed E-state index contributed by atoms with van der Waals surface area (Å²) < 4.78 is 12.9. The number of fused-ring (bicyclic) bond motifs is 1. The molecule has 0 aliphatic carbocycles. The summed E-state index contributed by atoms with van der Waals surface area (Å²) in [6, 6.07) is 14.9. The molecule has 2 aromatic carbocycles. The number of hydrogen-bond acceptors (Lipinski definition) is 5. The summed E-state index contributed by atoms with van der Waals surface area (Å²) in [5.74, 6) is 1.54. The second kappa shape index (κ2) is 8.10. The van der Waals surface area contributed by atoms with E-state index in [0.717, 1.165) is 17.9 Å². The van der Waals surface area contributed by atoms with Gasteiger partial charge in [-0.1, -0.05) is 26.0 Å². The zero-order valence-corrected chi connectivity index (χ0v) is 17.6. The lowest BCUT2D eigenvalue weighted by atomic mass is 10.0. The lowest BCUT2D eigenvalue weighted by Crippen LogP contribution is -2.44. The van der Waals surface area contributed by atoms with Gasteiger partial charge in [-0.25, -0.2) is 0 Å². The molecule has 1 aliphatic rings. The first-order chi connectivity index (χ1) is 14.5. The van der Waals surface area contributed by atoms with Gasteiger partial charge >= 0.3 is 0 Å². The molecule has 1 aromatic heterocycles. The van der Waals surface area contributed by atoms with Crippen LogP contribution in [0, 0.1) is 5.92 Å². The largest absolute Gasteiger partial charge is 0.497 e. The van der Waals surface area contributed by atoms with Gasteiger partial charge in [0.25, 0.3) is 5.91 Å². The second-order valence-electron chi connectivity index (χ2n) is 7.64. The van der Waals surface area contributed by atoms with Crippen LogP contribution < -0.4 is 19.7 Å². The first-order valence-corrected chi connectivity index (χ1v) is 9.96. The van der Waals surface area contributed by atoms with Gasteiger partial charge in [0.15, 0.2) is 0 Å². The van der Waals surface area contributed by atoms with E-state index in [0.29, 0.717) is 28.7 Å². The van der Waals surface area contributed by atoms with E-state index < -0.39 is 6.17 Å². The van der Waals surface area contributed by atoms with E-state index in [1.165, 1.54) is 0 Å². The van der Waals surface area contributed by atoms with Crippen molar-refractivity contribution in [2.24, 2.45) is 5.92 Å². The lowest BCUT2D eigenvalue weighted by Gasteiger charge is -2.38. The van der Waals surface area contributed by atoms with Gasteiger partial charge in [-0.3, -0.25) is 14.4 Å². The van der Waals surface area contributed by atoms with Gasteiger partial charge in [0.1, 0.15) is 17.7 Å². The second-order valence-corrected chi connectivity index (χ2v) is 7.64. The number of methoxy groups -OCH3 is 2. The summed E-state index contributed by atoms with van der Waals surface area (Å²) in [6.07, 6.45) is 1.34. The number of amides is 1. The van der Waals surface area contributed by atoms with Crippen LogP contribution in [0.2, 0.25) is 0 Å². The third-order valence-electron chi connectivity index (χ3n) is 5.14. The molecule has 0 saturated heterocycles. The Kier molecular flexibility index (Phi) is 5.35. The van der Waals surface area contributed by atoms with Crippen LogP contribution in [0.1, 0.15) is 36.1 Å². The standard InChI is InChI=1S/C23H26N4O3/c1-15(2)14-26-20(11-12-24-26)22-25-18-8-6-5-7-17(18)23(28)27(22)19-10-9-16(29-3)13-21(19)30-4/h5-13,15,22,25H,14H2,1-4H3. The van der Waals surface area contributed by atoms with Gasteiger partial charge in [0, 0.05) is 24.5 Å². The molecule has 0 radical (unpaired) electrons. The number of anilines is 2. The van der Waals surface area contributed by atoms with Crippen molar-refractivity contribution in [2.45, 2.75) is 26.6 Å². The molecule has 30 heavy (non-hydrogen) atoms. The molecule has 7 nitrogen and oxygen atoms in total. The van der Waals surface area contributed by atoms with Crippen LogP contribution in [0.3, 0.4) is 0 Å². The minimum atomic E-state index is -0.434. The molecule has 0 spiro atoms. The van der Waals surface area contributed by atoms with Gasteiger partial charge in [-0.05, 0) is 36.2 Å². The monoisotopic (exact) mass is 406 g/mol. The Bertz CT molecular complexity index is 1060. The van der Waals surface area contributed by atoms with E-state index in [-0.39, 0.29) is 5.91 Å². The number of ether oxygens (including phenoxy) is 2. The summed E-state index contributed by atoms with van der Waals surface area (Å²) in [6.45, 7) is 5.04. The smallest absolute Gasteiger partial charge is 0.262 e. The number of aromatic nitrogens is 2. The molecule has 1 unspecified atom stereocenters. The SMILES string of the molecule is COc1ccc(N2C(=O)c3ccccc3NC2c2ccnn2CC(C)C)c(OC)c1. The molecule has 0 saturated carbocycles. The predicted octanol–water partition coefficient (Wildman–Crippen LogP) is 4.33. The van der Waals surface area contributed by atoms with Crippen molar-refractivity contribution < 1.29 is 14.3 Å². The number of hydrogen-bond donors (Lipinski definition) is 1. The number of para-hydroxylation sites is 1. The summed E-state index contributed by atoms with van der Waals surface area (Å²) in [7, 11) is 3.19. The number of nitrogens with zero attached hydrogens (tertiary/aromatic N) is 3. The van der Waals surface area contributed by atoms with Crippen molar-refractivity contribution in [3.8, 4) is 11.5 Å². The van der Waals surface area contributed by atoms with Crippen LogP contribution in [0.4, 0.5) is 11.4 Å². The normalized spacial score (nSPS) is 15.7. The van der Waals surface area contributed by atoms with Gasteiger partial charge in [-0.15, -0.1) is 0 Å². The molecule has 1 amide bonds. The quantitative estimate of drug-likeness (QED) is 0.660. The van der Waals surface area contributed by atoms with Crippen molar-refractivity contribution >= 4 is 17.3 Å². The highest BCUT2D eigenvalue weighted by Crippen LogP contribution is 2.41. The Morgan fingerprint density at radius 2 is 1.90 bits per heavy atom. The molecular formula is C23H26N4O3. The van der Waals surface area contributed by atoms with Crippen molar-refractivity contribution in [1.29, 1.82) is 0 Å². The molecule has 0 fully saturated rings. The minimum Gasteiger partial charge on any atom is -0.497 e. The number of benzene rings is 2. The molecule has 1 aliphatic heterocycles. The molecular weight excluding hydrogens is 380 g/mol. The van der Waals surface area contributed by atoms with Crippen molar-refractivity contribution in [3.63, 3.8) is 0 Å². The van der Waals surface area contributed by atoms with E-state index in [1.807, 2.05) is 47.1 Å². The zero-order valence-electron chi connectivity index (χ0n) is 17.6. The molecule has 4 rings (SSSR count). The average molecular weight is 406 g/mol. The van der Waals surface area contributed by atoms with E-state index in [9.17, 15) is 4.79 Å². The van der Waals surface area contributed by atoms with Crippen LogP contribution in [-0.2, 0) is 6.54 Å². The van der Waals surface area contributed by atoms with Gasteiger partial charge in [0.05, 0.1) is 31.2 Å². The van der Waals surface area contributed by atoms with Crippen molar-refractivity contribution in [1.82, 2.24) is 9.78 Å². The topological polar surface area (TPSA) is 68.6 Å². The number of rotatable bonds is 6. The fraction of sp³-hybridized carbons (Fsp3) is 0.304. The summed E-state index contributed by atoms with van der Waals surface area (Å²) >= 11 is 0. The first-order valence-electron chi connectivity index (χ1n) is 9.96. The number of nitrogens with one attached hydrogen (secondary N) is 1. The minimum absolute atomic E-state index is 0.102. The molecule has 1 N–H and O–H groups in total. The highest BCUT2D eigenvalue weighted by Gasteiger charge is 2.37. The maximum Gasteiger partial charge on any atom is 0.262 e. The fourth-order valence-corrected chi connectivity index (χ4v) is 3.77. The van der Waals surface area contributed by atoms with Crippen LogP contribution in [0.15, 0.2) is 54.7 Å². The van der Waals surface area contributed by atoms with E-state index >= 15 is 0 Å². The highest BCUT2D eigenvalue weighted by atomic mass is 16.5. The lowest BCUT2D eigenvalue weighted by molar-refractivity contribution is 0.0973. The summed E-state index contributed by atoms with van der Waals surface area (Å²) in [5, 5.41) is 8.03. The Balaban J connectivity index is 1.87. The first kappa shape index (κ1) is 19.8. The highest BCUT2D eigenvalue weighted by molar-refractivity contribution is 6.12. The van der Waals surface area contributed by atoms with E-state index in [2.05, 4.69) is 24.3 Å². The molecule has 156 valence electrons. The predicted molar refractivity (Wildman–Crippen MR) is 116 cm³/mol. The molecule has 7 heteroatoms. The molecule has 2 heterocycles. The maximum atomic E-state index is 13.6. The van der Waals surface area contributed by atoms with Crippen LogP contribution in [-0.4, -0.2) is 29.9 Å². The van der Waals surface area contributed by atoms with Crippen molar-refractivity contribution in [2.75, 3.05) is 24.4 Å². The maximum absolute atomic E-state index is 13.6. The summed E-state index contributed by atoms with van der Waals surface area (Å²) in [5.41, 5.74) is 2.98. The zero-order chi connectivity index (χ0) is 21.3. The van der Waals surface area contributed by atoms with Gasteiger partial charge < -0.3 is 14.8 Å². The third-order valence-corrected chi connectivity index (χ3v) is 5.14. The molecule has 1 atom stereocenters. The van der Waals surface area contributed by atoms with E-state index in [4.69, 9.17) is 9.47 Å². The molecule has 0 bridgehead atoms. The Morgan fingerprint density at radius 3 is 2.63 bits per heavy atom. The van der Waals surface area contributed by atoms with Gasteiger partial charge in [-0.2, -0.15) is 5.10 Å². The number of carbonyl (C=O) groups is 1. The van der Waals surface area contributed by atoms with Crippen LogP contribution >= 0.6 is 0 Å². The Morgan fingerprint density at radius 1 is 1.10 bits per heavy atom. The molecule has 3 aromatic rings. The van der Waals surface area contributed by atoms with Crippen LogP contribution in [0.25, 0.3) is 0 Å². The Hall–Kier alpha value is -3.48.